The Morgan fingerprint density at radius 1 is 1.22 bits per heavy atom. The average molecular weight is 273 g/mol. The molecule has 1 aliphatic carbocycles. The molecule has 0 aromatic carbocycles. The normalized spacial score (nSPS) is 33.0. The fraction of sp³-hybridized carbons (Fsp3) is 1.00. The van der Waals surface area contributed by atoms with Gasteiger partial charge in [-0.15, -0.1) is 0 Å². The molecule has 4 atom stereocenters. The summed E-state index contributed by atoms with van der Waals surface area (Å²) in [5.74, 6) is 3.01. The number of rotatable bonds is 7. The summed E-state index contributed by atoms with van der Waals surface area (Å²) in [6, 6.07) is 0.732. The lowest BCUT2D eigenvalue weighted by Gasteiger charge is -2.40. The molecule has 0 bridgehead atoms. The second-order valence-electron chi connectivity index (χ2n) is 6.25. The summed E-state index contributed by atoms with van der Waals surface area (Å²) in [5.41, 5.74) is 0. The molecule has 18 heavy (non-hydrogen) atoms. The maximum absolute atomic E-state index is 3.79. The van der Waals surface area contributed by atoms with Crippen molar-refractivity contribution in [1.29, 1.82) is 0 Å². The van der Waals surface area contributed by atoms with Gasteiger partial charge in [-0.3, -0.25) is 0 Å². The second-order valence-corrected chi connectivity index (χ2v) is 7.54. The van der Waals surface area contributed by atoms with Gasteiger partial charge in [-0.25, -0.2) is 0 Å². The number of nitrogens with one attached hydrogen (secondary N) is 1. The summed E-state index contributed by atoms with van der Waals surface area (Å²) in [5, 5.41) is 4.60. The van der Waals surface area contributed by atoms with E-state index < -0.39 is 0 Å². The Kier molecular flexibility index (Phi) is 7.66. The van der Waals surface area contributed by atoms with Gasteiger partial charge in [-0.2, -0.15) is 11.8 Å². The fourth-order valence-electron chi connectivity index (χ4n) is 3.01. The van der Waals surface area contributed by atoms with E-state index in [-0.39, 0.29) is 0 Å². The summed E-state index contributed by atoms with van der Waals surface area (Å²) in [4.78, 5) is 2.29. The van der Waals surface area contributed by atoms with Crippen LogP contribution in [0.2, 0.25) is 0 Å². The molecular weight excluding hydrogens is 240 g/mol. The zero-order valence-electron chi connectivity index (χ0n) is 12.9. The third-order valence-electron chi connectivity index (χ3n) is 3.89. The molecule has 4 unspecified atom stereocenters. The van der Waals surface area contributed by atoms with Gasteiger partial charge >= 0.3 is 0 Å². The van der Waals surface area contributed by atoms with Crippen molar-refractivity contribution in [1.82, 2.24) is 10.2 Å². The first-order valence-electron chi connectivity index (χ1n) is 7.54. The molecule has 0 radical (unpaired) electrons. The van der Waals surface area contributed by atoms with E-state index in [1.165, 1.54) is 38.1 Å². The van der Waals surface area contributed by atoms with Gasteiger partial charge in [-0.05, 0) is 51.7 Å². The molecule has 0 aromatic rings. The van der Waals surface area contributed by atoms with Crippen LogP contribution < -0.4 is 5.32 Å². The molecule has 3 heteroatoms. The summed E-state index contributed by atoms with van der Waals surface area (Å²) < 4.78 is 0. The molecular formula is C15H32N2S. The van der Waals surface area contributed by atoms with Crippen molar-refractivity contribution in [3.05, 3.63) is 0 Å². The van der Waals surface area contributed by atoms with Crippen molar-refractivity contribution in [2.45, 2.75) is 51.3 Å². The summed E-state index contributed by atoms with van der Waals surface area (Å²) in [6.07, 6.45) is 4.02. The maximum Gasteiger partial charge on any atom is 0.0227 e. The van der Waals surface area contributed by atoms with Gasteiger partial charge in [0.1, 0.15) is 0 Å². The van der Waals surface area contributed by atoms with E-state index in [4.69, 9.17) is 0 Å². The zero-order chi connectivity index (χ0) is 13.5. The highest BCUT2D eigenvalue weighted by Gasteiger charge is 2.33. The van der Waals surface area contributed by atoms with Gasteiger partial charge in [0.2, 0.25) is 0 Å². The maximum atomic E-state index is 3.79. The van der Waals surface area contributed by atoms with Crippen LogP contribution >= 0.6 is 11.8 Å². The SMILES string of the molecule is CCCNC1CC(C)CC(C)C1SCCN(C)C. The van der Waals surface area contributed by atoms with Crippen LogP contribution in [0.25, 0.3) is 0 Å². The third kappa shape index (κ3) is 5.50. The van der Waals surface area contributed by atoms with Crippen LogP contribution in [-0.2, 0) is 0 Å². The van der Waals surface area contributed by atoms with Gasteiger partial charge in [0.25, 0.3) is 0 Å². The van der Waals surface area contributed by atoms with Crippen molar-refractivity contribution < 1.29 is 0 Å². The summed E-state index contributed by atoms with van der Waals surface area (Å²) in [7, 11) is 4.33. The van der Waals surface area contributed by atoms with Gasteiger partial charge in [-0.1, -0.05) is 20.8 Å². The molecule has 0 spiro atoms. The molecule has 0 aromatic heterocycles. The van der Waals surface area contributed by atoms with Crippen LogP contribution in [0.5, 0.6) is 0 Å². The average Bonchev–Trinajstić information content (AvgIpc) is 2.28. The Hall–Kier alpha value is 0.270. The summed E-state index contributed by atoms with van der Waals surface area (Å²) in [6.45, 7) is 9.50. The highest BCUT2D eigenvalue weighted by atomic mass is 32.2. The van der Waals surface area contributed by atoms with E-state index in [0.717, 1.165) is 23.1 Å². The zero-order valence-corrected chi connectivity index (χ0v) is 13.7. The molecule has 1 N–H and O–H groups in total. The first-order chi connectivity index (χ1) is 8.54. The first-order valence-corrected chi connectivity index (χ1v) is 8.59. The smallest absolute Gasteiger partial charge is 0.0227 e. The van der Waals surface area contributed by atoms with Crippen LogP contribution in [0.4, 0.5) is 0 Å². The molecule has 1 saturated carbocycles. The number of thioether (sulfide) groups is 1. The standard InChI is InChI=1S/C15H32N2S/c1-6-7-16-14-11-12(2)10-13(3)15(14)18-9-8-17(4)5/h12-16H,6-11H2,1-5H3. The van der Waals surface area contributed by atoms with Gasteiger partial charge in [0, 0.05) is 23.6 Å². The van der Waals surface area contributed by atoms with Gasteiger partial charge in [0.15, 0.2) is 0 Å². The van der Waals surface area contributed by atoms with Crippen LogP contribution in [0, 0.1) is 11.8 Å². The van der Waals surface area contributed by atoms with Crippen molar-refractivity contribution >= 4 is 11.8 Å². The molecule has 1 fully saturated rings. The van der Waals surface area contributed by atoms with E-state index >= 15 is 0 Å². The van der Waals surface area contributed by atoms with Gasteiger partial charge < -0.3 is 10.2 Å². The Morgan fingerprint density at radius 3 is 2.56 bits per heavy atom. The van der Waals surface area contributed by atoms with Gasteiger partial charge in [0.05, 0.1) is 0 Å². The van der Waals surface area contributed by atoms with Crippen LogP contribution in [0.1, 0.15) is 40.0 Å². The van der Waals surface area contributed by atoms with Crippen molar-refractivity contribution in [3.8, 4) is 0 Å². The monoisotopic (exact) mass is 272 g/mol. The van der Waals surface area contributed by atoms with E-state index in [2.05, 4.69) is 56.8 Å². The van der Waals surface area contributed by atoms with E-state index in [1.54, 1.807) is 0 Å². The van der Waals surface area contributed by atoms with Crippen LogP contribution in [0.15, 0.2) is 0 Å². The van der Waals surface area contributed by atoms with Crippen molar-refractivity contribution in [3.63, 3.8) is 0 Å². The van der Waals surface area contributed by atoms with Crippen molar-refractivity contribution in [2.24, 2.45) is 11.8 Å². The number of hydrogen-bond acceptors (Lipinski definition) is 3. The topological polar surface area (TPSA) is 15.3 Å². The molecule has 0 saturated heterocycles. The second kappa shape index (κ2) is 8.44. The molecule has 0 aliphatic heterocycles. The largest absolute Gasteiger partial charge is 0.313 e. The van der Waals surface area contributed by atoms with Crippen molar-refractivity contribution in [2.75, 3.05) is 32.9 Å². The molecule has 1 rings (SSSR count). The molecule has 2 nitrogen and oxygen atoms in total. The molecule has 1 aliphatic rings. The third-order valence-corrected chi connectivity index (χ3v) is 5.49. The van der Waals surface area contributed by atoms with Crippen LogP contribution in [-0.4, -0.2) is 49.1 Å². The highest BCUT2D eigenvalue weighted by Crippen LogP contribution is 2.36. The van der Waals surface area contributed by atoms with E-state index in [0.29, 0.717) is 0 Å². The quantitative estimate of drug-likeness (QED) is 0.767. The highest BCUT2D eigenvalue weighted by molar-refractivity contribution is 8.00. The molecule has 0 heterocycles. The predicted molar refractivity (Wildman–Crippen MR) is 84.4 cm³/mol. The Bertz CT molecular complexity index is 221. The number of hydrogen-bond donors (Lipinski definition) is 1. The Balaban J connectivity index is 2.46. The number of nitrogens with zero attached hydrogens (tertiary/aromatic N) is 1. The minimum Gasteiger partial charge on any atom is -0.313 e. The first kappa shape index (κ1) is 16.3. The lowest BCUT2D eigenvalue weighted by atomic mass is 9.80. The minimum absolute atomic E-state index is 0.732. The Labute approximate surface area is 118 Å². The van der Waals surface area contributed by atoms with E-state index in [9.17, 15) is 0 Å². The summed E-state index contributed by atoms with van der Waals surface area (Å²) >= 11 is 2.19. The minimum atomic E-state index is 0.732. The fourth-order valence-corrected chi connectivity index (χ4v) is 4.63. The Morgan fingerprint density at radius 2 is 1.94 bits per heavy atom. The molecule has 108 valence electrons. The lowest BCUT2D eigenvalue weighted by Crippen LogP contribution is -2.47. The lowest BCUT2D eigenvalue weighted by molar-refractivity contribution is 0.249. The van der Waals surface area contributed by atoms with E-state index in [1.807, 2.05) is 0 Å². The molecule has 0 amide bonds. The van der Waals surface area contributed by atoms with Crippen LogP contribution in [0.3, 0.4) is 0 Å². The predicted octanol–water partition coefficient (Wildman–Crippen LogP) is 3.08.